The minimum absolute atomic E-state index is 0. The summed E-state index contributed by atoms with van der Waals surface area (Å²) >= 11 is 0. The van der Waals surface area contributed by atoms with Gasteiger partial charge in [0.1, 0.15) is 25.9 Å². The van der Waals surface area contributed by atoms with E-state index in [-0.39, 0.29) is 58.3 Å². The van der Waals surface area contributed by atoms with E-state index in [0.717, 1.165) is 12.0 Å². The van der Waals surface area contributed by atoms with Gasteiger partial charge in [0.15, 0.2) is 0 Å². The first-order chi connectivity index (χ1) is 17.6. The maximum absolute atomic E-state index is 13.4. The number of rotatable bonds is 17. The van der Waals surface area contributed by atoms with Crippen LogP contribution in [0.2, 0.25) is 0 Å². The maximum Gasteiger partial charge on any atom is 0.508 e. The molecular weight excluding hydrogens is 492 g/mol. The summed E-state index contributed by atoms with van der Waals surface area (Å²) in [5, 5.41) is 0. The van der Waals surface area contributed by atoms with Crippen LogP contribution < -0.4 is 0 Å². The van der Waals surface area contributed by atoms with Crippen molar-refractivity contribution in [2.75, 3.05) is 46.8 Å². The molecular formula is C29H46O9. The molecule has 1 aromatic rings. The third kappa shape index (κ3) is 11.4. The molecule has 0 N–H and O–H groups in total. The number of epoxide rings is 1. The molecule has 3 atom stereocenters. The molecule has 1 fully saturated rings. The van der Waals surface area contributed by atoms with Crippen molar-refractivity contribution in [2.45, 2.75) is 72.8 Å². The number of ether oxygens (including phenoxy) is 6. The lowest BCUT2D eigenvalue weighted by Crippen LogP contribution is -2.40. The van der Waals surface area contributed by atoms with Crippen molar-refractivity contribution in [3.63, 3.8) is 0 Å². The minimum Gasteiger partial charge on any atom is -0.462 e. The second-order valence-electron chi connectivity index (χ2n) is 10.3. The molecule has 1 aliphatic rings. The fraction of sp³-hybridized carbons (Fsp3) is 0.690. The summed E-state index contributed by atoms with van der Waals surface area (Å²) in [5.74, 6) is -0.747. The predicted molar refractivity (Wildman–Crippen MR) is 143 cm³/mol. The van der Waals surface area contributed by atoms with E-state index in [2.05, 4.69) is 6.92 Å². The third-order valence-corrected chi connectivity index (χ3v) is 6.39. The quantitative estimate of drug-likeness (QED) is 0.113. The van der Waals surface area contributed by atoms with Gasteiger partial charge in [0.05, 0.1) is 24.0 Å². The zero-order valence-corrected chi connectivity index (χ0v) is 22.8. The van der Waals surface area contributed by atoms with E-state index >= 15 is 0 Å². The van der Waals surface area contributed by atoms with Crippen LogP contribution >= 0.6 is 0 Å². The van der Waals surface area contributed by atoms with Crippen LogP contribution in [-0.4, -0.2) is 70.9 Å². The van der Waals surface area contributed by atoms with Crippen molar-refractivity contribution in [3.05, 3.63) is 35.9 Å². The highest BCUT2D eigenvalue weighted by Gasteiger charge is 2.45. The van der Waals surface area contributed by atoms with Gasteiger partial charge in [-0.1, -0.05) is 44.7 Å². The van der Waals surface area contributed by atoms with Gasteiger partial charge in [0.25, 0.3) is 0 Å². The lowest BCUT2D eigenvalue weighted by molar-refractivity contribution is -0.164. The van der Waals surface area contributed by atoms with Crippen molar-refractivity contribution in [2.24, 2.45) is 10.8 Å². The highest BCUT2D eigenvalue weighted by molar-refractivity contribution is 5.80. The van der Waals surface area contributed by atoms with Crippen LogP contribution in [-0.2, 0) is 38.0 Å². The maximum atomic E-state index is 13.4. The van der Waals surface area contributed by atoms with E-state index in [0.29, 0.717) is 26.1 Å². The first-order valence-corrected chi connectivity index (χ1v) is 12.9. The van der Waals surface area contributed by atoms with Crippen LogP contribution in [0.5, 0.6) is 0 Å². The fourth-order valence-corrected chi connectivity index (χ4v) is 4.40. The van der Waals surface area contributed by atoms with Gasteiger partial charge >= 0.3 is 18.1 Å². The second kappa shape index (κ2) is 16.3. The highest BCUT2D eigenvalue weighted by Crippen LogP contribution is 2.43. The molecule has 1 saturated heterocycles. The fourth-order valence-electron chi connectivity index (χ4n) is 4.40. The Morgan fingerprint density at radius 1 is 0.947 bits per heavy atom. The SMILES string of the molecule is C.CCC(CC(C)(CC(C)(C)C(=O)OCC1CO1)C(=O)OCCOC(=O)OCCCOC)c1ccccc1. The Kier molecular flexibility index (Phi) is 14.4. The van der Waals surface area contributed by atoms with Crippen LogP contribution in [0.1, 0.15) is 72.3 Å². The van der Waals surface area contributed by atoms with Gasteiger partial charge in [-0.25, -0.2) is 4.79 Å². The normalized spacial score (nSPS) is 16.8. The predicted octanol–water partition coefficient (Wildman–Crippen LogP) is 5.30. The van der Waals surface area contributed by atoms with E-state index in [1.165, 1.54) is 0 Å². The van der Waals surface area contributed by atoms with Crippen molar-refractivity contribution in [3.8, 4) is 0 Å². The topological polar surface area (TPSA) is 110 Å². The third-order valence-electron chi connectivity index (χ3n) is 6.39. The molecule has 0 bridgehead atoms. The molecule has 1 heterocycles. The van der Waals surface area contributed by atoms with Gasteiger partial charge in [0, 0.05) is 20.1 Å². The number of carbonyl (C=O) groups excluding carboxylic acids is 3. The standard InChI is InChI=1S/C28H42O9.CH4/c1-6-21(22-11-8-7-9-12-22)17-28(4,20-27(2,3)24(29)37-19-23-18-36-23)25(30)33-15-16-35-26(31)34-14-10-13-32-5;/h7-9,11-12,21,23H,6,10,13-20H2,1-5H3;1H4. The van der Waals surface area contributed by atoms with Crippen molar-refractivity contribution in [1.29, 1.82) is 0 Å². The Bertz CT molecular complexity index is 851. The summed E-state index contributed by atoms with van der Waals surface area (Å²) in [5.41, 5.74) is -0.800. The Morgan fingerprint density at radius 3 is 2.18 bits per heavy atom. The van der Waals surface area contributed by atoms with Crippen LogP contribution in [0.3, 0.4) is 0 Å². The zero-order valence-electron chi connectivity index (χ0n) is 22.8. The van der Waals surface area contributed by atoms with E-state index in [9.17, 15) is 14.4 Å². The van der Waals surface area contributed by atoms with Crippen LogP contribution in [0.25, 0.3) is 0 Å². The monoisotopic (exact) mass is 538 g/mol. The minimum atomic E-state index is -0.990. The summed E-state index contributed by atoms with van der Waals surface area (Å²) in [4.78, 5) is 38.0. The van der Waals surface area contributed by atoms with Crippen molar-refractivity contribution in [1.82, 2.24) is 0 Å². The Hall–Kier alpha value is -2.65. The average Bonchev–Trinajstić information content (AvgIpc) is 3.71. The summed E-state index contributed by atoms with van der Waals surface area (Å²) in [6.45, 7) is 8.67. The van der Waals surface area contributed by atoms with Crippen molar-refractivity contribution < 1.29 is 42.8 Å². The summed E-state index contributed by atoms with van der Waals surface area (Å²) in [6.07, 6.45) is 1.23. The van der Waals surface area contributed by atoms with E-state index < -0.39 is 23.0 Å². The van der Waals surface area contributed by atoms with Crippen LogP contribution in [0, 0.1) is 10.8 Å². The van der Waals surface area contributed by atoms with Gasteiger partial charge in [0.2, 0.25) is 0 Å². The van der Waals surface area contributed by atoms with Gasteiger partial charge in [-0.15, -0.1) is 0 Å². The number of hydrogen-bond acceptors (Lipinski definition) is 9. The number of methoxy groups -OCH3 is 1. The molecule has 3 unspecified atom stereocenters. The number of hydrogen-bond donors (Lipinski definition) is 0. The van der Waals surface area contributed by atoms with Gasteiger partial charge in [-0.05, 0) is 51.5 Å². The molecule has 38 heavy (non-hydrogen) atoms. The average molecular weight is 539 g/mol. The summed E-state index contributed by atoms with van der Waals surface area (Å²) in [6, 6.07) is 9.98. The van der Waals surface area contributed by atoms with Gasteiger partial charge in [-0.2, -0.15) is 0 Å². The molecule has 0 spiro atoms. The molecule has 2 rings (SSSR count). The molecule has 9 nitrogen and oxygen atoms in total. The molecule has 216 valence electrons. The van der Waals surface area contributed by atoms with E-state index in [1.807, 2.05) is 37.3 Å². The largest absolute Gasteiger partial charge is 0.508 e. The molecule has 1 aromatic carbocycles. The van der Waals surface area contributed by atoms with Crippen molar-refractivity contribution >= 4 is 18.1 Å². The number of benzene rings is 1. The highest BCUT2D eigenvalue weighted by atomic mass is 16.7. The molecule has 0 radical (unpaired) electrons. The Labute approximate surface area is 227 Å². The molecule has 0 aromatic heterocycles. The van der Waals surface area contributed by atoms with Crippen LogP contribution in [0.4, 0.5) is 4.79 Å². The molecule has 0 saturated carbocycles. The van der Waals surface area contributed by atoms with Crippen LogP contribution in [0.15, 0.2) is 30.3 Å². The summed E-state index contributed by atoms with van der Waals surface area (Å²) in [7, 11) is 1.57. The molecule has 9 heteroatoms. The smallest absolute Gasteiger partial charge is 0.462 e. The number of carbonyl (C=O) groups is 3. The van der Waals surface area contributed by atoms with Gasteiger partial charge in [-0.3, -0.25) is 9.59 Å². The first-order valence-electron chi connectivity index (χ1n) is 12.9. The Morgan fingerprint density at radius 2 is 1.58 bits per heavy atom. The molecule has 0 amide bonds. The first kappa shape index (κ1) is 33.4. The lowest BCUT2D eigenvalue weighted by Gasteiger charge is -2.36. The Balaban J connectivity index is 0.00000722. The lowest BCUT2D eigenvalue weighted by atomic mass is 9.68. The summed E-state index contributed by atoms with van der Waals surface area (Å²) < 4.78 is 30.9. The molecule has 0 aliphatic carbocycles. The molecule has 1 aliphatic heterocycles. The van der Waals surface area contributed by atoms with Gasteiger partial charge < -0.3 is 28.4 Å². The van der Waals surface area contributed by atoms with E-state index in [1.54, 1.807) is 21.0 Å². The van der Waals surface area contributed by atoms with E-state index in [4.69, 9.17) is 28.4 Å². The zero-order chi connectivity index (χ0) is 27.3. The number of esters is 2. The second-order valence-corrected chi connectivity index (χ2v) is 10.3.